The number of H-pyrrole nitrogens is 1. The highest BCUT2D eigenvalue weighted by molar-refractivity contribution is 6.06. The zero-order valence-electron chi connectivity index (χ0n) is 20.8. The van der Waals surface area contributed by atoms with Crippen LogP contribution in [0.25, 0.3) is 22.3 Å². The van der Waals surface area contributed by atoms with Crippen molar-refractivity contribution in [2.45, 2.75) is 38.2 Å². The van der Waals surface area contributed by atoms with Crippen molar-refractivity contribution < 1.29 is 23.5 Å². The molecule has 1 fully saturated rings. The molecule has 0 aliphatic heterocycles. The number of alkyl halides is 2. The van der Waals surface area contributed by atoms with Gasteiger partial charge in [0.1, 0.15) is 5.65 Å². The van der Waals surface area contributed by atoms with Crippen molar-refractivity contribution in [3.05, 3.63) is 59.8 Å². The van der Waals surface area contributed by atoms with Crippen LogP contribution in [-0.4, -0.2) is 60.2 Å². The van der Waals surface area contributed by atoms with Gasteiger partial charge in [0.15, 0.2) is 0 Å². The van der Waals surface area contributed by atoms with Gasteiger partial charge in [0.25, 0.3) is 11.8 Å². The first-order valence-corrected chi connectivity index (χ1v) is 12.2. The maximum atomic E-state index is 13.3. The molecule has 1 aliphatic carbocycles. The van der Waals surface area contributed by atoms with E-state index in [9.17, 15) is 23.5 Å². The molecule has 5 rings (SSSR count). The van der Waals surface area contributed by atoms with Gasteiger partial charge in [-0.3, -0.25) is 19.3 Å². The van der Waals surface area contributed by atoms with E-state index in [1.165, 1.54) is 18.5 Å². The van der Waals surface area contributed by atoms with Gasteiger partial charge in [0, 0.05) is 62.1 Å². The summed E-state index contributed by atoms with van der Waals surface area (Å²) in [5.74, 6) is -4.08. The van der Waals surface area contributed by atoms with Crippen LogP contribution in [0.4, 0.5) is 14.5 Å². The zero-order valence-corrected chi connectivity index (χ0v) is 20.8. The van der Waals surface area contributed by atoms with Crippen LogP contribution in [0.5, 0.6) is 0 Å². The van der Waals surface area contributed by atoms with E-state index in [-0.39, 0.29) is 31.4 Å². The molecule has 1 atom stereocenters. The van der Waals surface area contributed by atoms with Gasteiger partial charge in [-0.15, -0.1) is 0 Å². The van der Waals surface area contributed by atoms with Crippen molar-refractivity contribution >= 4 is 28.5 Å². The second kappa shape index (κ2) is 9.93. The summed E-state index contributed by atoms with van der Waals surface area (Å²) in [6.45, 7) is 1.46. The van der Waals surface area contributed by atoms with Crippen LogP contribution in [0, 0.1) is 12.8 Å². The number of pyridine rings is 2. The van der Waals surface area contributed by atoms with E-state index in [0.717, 1.165) is 16.6 Å². The van der Waals surface area contributed by atoms with Gasteiger partial charge in [0.05, 0.1) is 34.4 Å². The van der Waals surface area contributed by atoms with Gasteiger partial charge in [-0.1, -0.05) is 0 Å². The minimum atomic E-state index is -2.73. The molecular weight excluding hydrogens is 496 g/mol. The number of fused-ring (bicyclic) bond motifs is 1. The molecule has 4 aromatic heterocycles. The first-order valence-electron chi connectivity index (χ1n) is 12.2. The van der Waals surface area contributed by atoms with Gasteiger partial charge in [-0.05, 0) is 37.5 Å². The predicted molar refractivity (Wildman–Crippen MR) is 136 cm³/mol. The lowest BCUT2D eigenvalue weighted by Crippen LogP contribution is -2.50. The highest BCUT2D eigenvalue weighted by Crippen LogP contribution is 2.44. The highest BCUT2D eigenvalue weighted by atomic mass is 19.3. The molecule has 12 heteroatoms. The Kier molecular flexibility index (Phi) is 6.66. The van der Waals surface area contributed by atoms with E-state index >= 15 is 0 Å². The maximum Gasteiger partial charge on any atom is 0.257 e. The number of aliphatic hydroxyl groups is 1. The number of aryl methyl sites for hydroxylation is 2. The molecule has 1 aliphatic rings. The van der Waals surface area contributed by atoms with Crippen LogP contribution in [0.15, 0.2) is 43.0 Å². The molecule has 0 bridgehead atoms. The largest absolute Gasteiger partial charge is 0.396 e. The number of nitrogens with zero attached hydrogens (tertiary/aromatic N) is 4. The molecule has 0 radical (unpaired) electrons. The summed E-state index contributed by atoms with van der Waals surface area (Å²) in [7, 11) is 1.82. The van der Waals surface area contributed by atoms with Gasteiger partial charge in [0.2, 0.25) is 5.92 Å². The summed E-state index contributed by atoms with van der Waals surface area (Å²) in [5, 5.41) is 19.8. The van der Waals surface area contributed by atoms with E-state index in [1.54, 1.807) is 23.9 Å². The number of aliphatic hydroxyl groups excluding tert-OH is 1. The van der Waals surface area contributed by atoms with Crippen molar-refractivity contribution in [1.82, 2.24) is 30.0 Å². The van der Waals surface area contributed by atoms with Crippen molar-refractivity contribution in [3.8, 4) is 11.3 Å². The third-order valence-electron chi connectivity index (χ3n) is 6.79. The molecule has 4 aromatic rings. The van der Waals surface area contributed by atoms with Gasteiger partial charge < -0.3 is 20.7 Å². The lowest BCUT2D eigenvalue weighted by atomic mass is 9.75. The average Bonchev–Trinajstić information content (AvgIpc) is 3.49. The van der Waals surface area contributed by atoms with E-state index in [4.69, 9.17) is 0 Å². The zero-order chi connectivity index (χ0) is 27.0. The van der Waals surface area contributed by atoms with Crippen molar-refractivity contribution in [3.63, 3.8) is 0 Å². The second-order valence-electron chi connectivity index (χ2n) is 9.68. The van der Waals surface area contributed by atoms with E-state index in [2.05, 4.69) is 30.7 Å². The molecule has 1 saturated carbocycles. The van der Waals surface area contributed by atoms with Crippen molar-refractivity contribution in [2.24, 2.45) is 13.0 Å². The highest BCUT2D eigenvalue weighted by Gasteiger charge is 2.48. The summed E-state index contributed by atoms with van der Waals surface area (Å²) in [6, 6.07) is 4.50. The van der Waals surface area contributed by atoms with Crippen molar-refractivity contribution in [1.29, 1.82) is 0 Å². The molecule has 10 nitrogen and oxygen atoms in total. The minimum absolute atomic E-state index is 0.167. The molecule has 0 saturated heterocycles. The van der Waals surface area contributed by atoms with Crippen LogP contribution in [0.3, 0.4) is 0 Å². The standard InChI is InChI=1S/C26H27F2N7O3/c1-14-21(7-17(10-29-14)25(38)33-20(3-4-36)18-8-26(27,28)9-18)34-24(37)16-5-15-6-22(32-23(15)30-11-16)19-12-31-35(2)13-19/h5-7,10-13,18,20,36H,3-4,8-9H2,1-2H3,(H,30,32)(H,33,38)(H,34,37). The number of carbonyl (C=O) groups excluding carboxylic acids is 2. The number of aromatic amines is 1. The topological polar surface area (TPSA) is 138 Å². The summed E-state index contributed by atoms with van der Waals surface area (Å²) >= 11 is 0. The first kappa shape index (κ1) is 25.5. The van der Waals surface area contributed by atoms with Crippen LogP contribution in [0.2, 0.25) is 0 Å². The summed E-state index contributed by atoms with van der Waals surface area (Å²) < 4.78 is 28.4. The Morgan fingerprint density at radius 1 is 1.16 bits per heavy atom. The Hall–Kier alpha value is -4.19. The quantitative estimate of drug-likeness (QED) is 0.279. The van der Waals surface area contributed by atoms with E-state index in [1.807, 2.05) is 19.3 Å². The molecule has 198 valence electrons. The lowest BCUT2D eigenvalue weighted by molar-refractivity contribution is -0.119. The molecule has 2 amide bonds. The Morgan fingerprint density at radius 2 is 1.89 bits per heavy atom. The monoisotopic (exact) mass is 523 g/mol. The fourth-order valence-electron chi connectivity index (χ4n) is 4.64. The van der Waals surface area contributed by atoms with Gasteiger partial charge in [-0.25, -0.2) is 13.8 Å². The number of rotatable bonds is 8. The number of nitrogens with one attached hydrogen (secondary N) is 3. The maximum absolute atomic E-state index is 13.3. The Bertz CT molecular complexity index is 1510. The molecular formula is C26H27F2N7O3. The number of anilines is 1. The van der Waals surface area contributed by atoms with Crippen LogP contribution in [-0.2, 0) is 7.05 Å². The van der Waals surface area contributed by atoms with Crippen molar-refractivity contribution in [2.75, 3.05) is 11.9 Å². The smallest absolute Gasteiger partial charge is 0.257 e. The van der Waals surface area contributed by atoms with Crippen LogP contribution in [0.1, 0.15) is 45.7 Å². The summed E-state index contributed by atoms with van der Waals surface area (Å²) in [6.07, 6.45) is 5.93. The molecule has 0 spiro atoms. The van der Waals surface area contributed by atoms with Crippen LogP contribution < -0.4 is 10.6 Å². The Morgan fingerprint density at radius 3 is 2.58 bits per heavy atom. The normalized spacial score (nSPS) is 15.7. The number of halogens is 2. The summed E-state index contributed by atoms with van der Waals surface area (Å²) in [4.78, 5) is 37.7. The van der Waals surface area contributed by atoms with Crippen LogP contribution >= 0.6 is 0 Å². The molecule has 0 aromatic carbocycles. The van der Waals surface area contributed by atoms with E-state index < -0.39 is 29.7 Å². The molecule has 38 heavy (non-hydrogen) atoms. The Balaban J connectivity index is 1.30. The lowest BCUT2D eigenvalue weighted by Gasteiger charge is -2.40. The fourth-order valence-corrected chi connectivity index (χ4v) is 4.64. The number of hydrogen-bond acceptors (Lipinski definition) is 6. The number of hydrogen-bond donors (Lipinski definition) is 4. The fraction of sp³-hybridized carbons (Fsp3) is 0.346. The predicted octanol–water partition coefficient (Wildman–Crippen LogP) is 3.45. The SMILES string of the molecule is Cc1ncc(C(=O)NC(CCO)C2CC(F)(F)C2)cc1NC(=O)c1cnc2[nH]c(-c3cnn(C)c3)cc2c1. The molecule has 4 N–H and O–H groups in total. The molecule has 4 heterocycles. The number of amides is 2. The van der Waals surface area contributed by atoms with E-state index in [0.29, 0.717) is 22.6 Å². The third-order valence-corrected chi connectivity index (χ3v) is 6.79. The van der Waals surface area contributed by atoms with Gasteiger partial charge >= 0.3 is 0 Å². The Labute approximate surface area is 216 Å². The minimum Gasteiger partial charge on any atom is -0.396 e. The summed E-state index contributed by atoms with van der Waals surface area (Å²) in [5.41, 5.74) is 3.65. The first-order chi connectivity index (χ1) is 18.1. The van der Waals surface area contributed by atoms with Gasteiger partial charge in [-0.2, -0.15) is 5.10 Å². The third kappa shape index (κ3) is 5.25. The average molecular weight is 524 g/mol. The second-order valence-corrected chi connectivity index (χ2v) is 9.68. The molecule has 1 unspecified atom stereocenters. The number of aromatic nitrogens is 5. The number of carbonyl (C=O) groups is 2.